The molecular formula is C13H21NO3. The molecule has 0 aromatic carbocycles. The van der Waals surface area contributed by atoms with Crippen molar-refractivity contribution in [2.75, 3.05) is 13.2 Å². The zero-order valence-electron chi connectivity index (χ0n) is 10.5. The molecule has 17 heavy (non-hydrogen) atoms. The lowest BCUT2D eigenvalue weighted by atomic mass is 9.88. The van der Waals surface area contributed by atoms with E-state index >= 15 is 0 Å². The molecule has 2 bridgehead atoms. The van der Waals surface area contributed by atoms with Crippen molar-refractivity contribution in [3.63, 3.8) is 0 Å². The smallest absolute Gasteiger partial charge is 0.410 e. The average molecular weight is 239 g/mol. The van der Waals surface area contributed by atoms with Crippen LogP contribution in [0.25, 0.3) is 0 Å². The third kappa shape index (κ3) is 1.65. The third-order valence-corrected chi connectivity index (χ3v) is 4.62. The lowest BCUT2D eigenvalue weighted by Crippen LogP contribution is -2.44. The van der Waals surface area contributed by atoms with Crippen LogP contribution in [0.3, 0.4) is 0 Å². The van der Waals surface area contributed by atoms with Crippen molar-refractivity contribution in [2.24, 2.45) is 23.7 Å². The minimum absolute atomic E-state index is 0.0402. The van der Waals surface area contributed by atoms with Gasteiger partial charge in [0.15, 0.2) is 0 Å². The fourth-order valence-electron chi connectivity index (χ4n) is 3.95. The van der Waals surface area contributed by atoms with E-state index in [0.717, 1.165) is 19.4 Å². The van der Waals surface area contributed by atoms with E-state index in [-0.39, 0.29) is 18.2 Å². The minimum Gasteiger partial charge on any atom is -0.449 e. The molecule has 0 spiro atoms. The van der Waals surface area contributed by atoms with Crippen molar-refractivity contribution < 1.29 is 14.6 Å². The molecule has 1 amide bonds. The molecule has 2 saturated carbocycles. The molecule has 3 rings (SSSR count). The van der Waals surface area contributed by atoms with Gasteiger partial charge in [-0.2, -0.15) is 0 Å². The summed E-state index contributed by atoms with van der Waals surface area (Å²) in [5.41, 5.74) is 0. The quantitative estimate of drug-likeness (QED) is 0.794. The maximum atomic E-state index is 12.0. The number of amides is 1. The predicted octanol–water partition coefficient (Wildman–Crippen LogP) is 1.48. The largest absolute Gasteiger partial charge is 0.449 e. The molecule has 5 unspecified atom stereocenters. The van der Waals surface area contributed by atoms with Gasteiger partial charge in [0.05, 0.1) is 18.8 Å². The number of hydrogen-bond acceptors (Lipinski definition) is 3. The molecule has 4 heteroatoms. The lowest BCUT2D eigenvalue weighted by Gasteiger charge is -2.28. The fraction of sp³-hybridized carbons (Fsp3) is 0.923. The molecule has 5 atom stereocenters. The summed E-state index contributed by atoms with van der Waals surface area (Å²) in [6.45, 7) is 5.32. The van der Waals surface area contributed by atoms with Gasteiger partial charge in [-0.25, -0.2) is 4.79 Å². The minimum atomic E-state index is -0.314. The fourth-order valence-corrected chi connectivity index (χ4v) is 3.95. The lowest BCUT2D eigenvalue weighted by molar-refractivity contribution is 0.0365. The Morgan fingerprint density at radius 1 is 1.41 bits per heavy atom. The van der Waals surface area contributed by atoms with Crippen LogP contribution in [0.15, 0.2) is 0 Å². The van der Waals surface area contributed by atoms with E-state index in [2.05, 4.69) is 0 Å². The molecule has 3 aliphatic rings. The van der Waals surface area contributed by atoms with Crippen LogP contribution in [0.4, 0.5) is 4.79 Å². The maximum Gasteiger partial charge on any atom is 0.410 e. The van der Waals surface area contributed by atoms with Gasteiger partial charge in [-0.1, -0.05) is 13.8 Å². The summed E-state index contributed by atoms with van der Waals surface area (Å²) in [7, 11) is 0. The Morgan fingerprint density at radius 3 is 2.82 bits per heavy atom. The number of hydrogen-bond donors (Lipinski definition) is 1. The van der Waals surface area contributed by atoms with Crippen LogP contribution in [-0.2, 0) is 4.74 Å². The summed E-state index contributed by atoms with van der Waals surface area (Å²) in [4.78, 5) is 13.8. The van der Waals surface area contributed by atoms with Crippen molar-refractivity contribution in [3.8, 4) is 0 Å². The highest BCUT2D eigenvalue weighted by Gasteiger charge is 2.60. The average Bonchev–Trinajstić information content (AvgIpc) is 2.85. The zero-order valence-corrected chi connectivity index (χ0v) is 10.5. The maximum absolute atomic E-state index is 12.0. The van der Waals surface area contributed by atoms with Gasteiger partial charge in [0.1, 0.15) is 0 Å². The van der Waals surface area contributed by atoms with E-state index in [1.807, 2.05) is 13.8 Å². The Bertz CT molecular complexity index is 329. The number of nitrogens with zero attached hydrogens (tertiary/aromatic N) is 1. The monoisotopic (exact) mass is 239 g/mol. The zero-order chi connectivity index (χ0) is 12.2. The number of carbonyl (C=O) groups is 1. The van der Waals surface area contributed by atoms with Crippen molar-refractivity contribution >= 4 is 6.09 Å². The van der Waals surface area contributed by atoms with Crippen LogP contribution in [-0.4, -0.2) is 41.4 Å². The molecular weight excluding hydrogens is 218 g/mol. The van der Waals surface area contributed by atoms with Gasteiger partial charge < -0.3 is 14.7 Å². The summed E-state index contributed by atoms with van der Waals surface area (Å²) in [6, 6.07) is 0.0402. The number of aliphatic hydroxyl groups excluding tert-OH is 1. The second-order valence-corrected chi connectivity index (χ2v) is 6.26. The molecule has 4 nitrogen and oxygen atoms in total. The van der Waals surface area contributed by atoms with E-state index < -0.39 is 0 Å². The van der Waals surface area contributed by atoms with Crippen LogP contribution >= 0.6 is 0 Å². The second-order valence-electron chi connectivity index (χ2n) is 6.26. The van der Waals surface area contributed by atoms with E-state index in [1.54, 1.807) is 4.90 Å². The third-order valence-electron chi connectivity index (χ3n) is 4.62. The van der Waals surface area contributed by atoms with Crippen LogP contribution in [0.2, 0.25) is 0 Å². The van der Waals surface area contributed by atoms with Crippen molar-refractivity contribution in [1.82, 2.24) is 4.90 Å². The standard InChI is InChI=1S/C13H21NO3/c1-7(2)6-17-13(16)14-5-9-3-8-4-10(9)11(14)12(8)15/h7-12,15H,3-6H2,1-2H3. The van der Waals surface area contributed by atoms with Crippen LogP contribution in [0, 0.1) is 23.7 Å². The van der Waals surface area contributed by atoms with E-state index in [1.165, 1.54) is 0 Å². The van der Waals surface area contributed by atoms with Gasteiger partial charge in [-0.05, 0) is 36.5 Å². The number of aliphatic hydroxyl groups is 1. The van der Waals surface area contributed by atoms with Crippen LogP contribution in [0.1, 0.15) is 26.7 Å². The van der Waals surface area contributed by atoms with E-state index in [4.69, 9.17) is 4.74 Å². The topological polar surface area (TPSA) is 49.8 Å². The first-order valence-electron chi connectivity index (χ1n) is 6.69. The van der Waals surface area contributed by atoms with Crippen molar-refractivity contribution in [3.05, 3.63) is 0 Å². The molecule has 1 N–H and O–H groups in total. The second kappa shape index (κ2) is 3.87. The van der Waals surface area contributed by atoms with Gasteiger partial charge in [-0.3, -0.25) is 0 Å². The highest BCUT2D eigenvalue weighted by Crippen LogP contribution is 2.54. The van der Waals surface area contributed by atoms with E-state index in [0.29, 0.717) is 30.3 Å². The molecule has 3 fully saturated rings. The molecule has 1 heterocycles. The number of fused-ring (bicyclic) bond motifs is 1. The Balaban J connectivity index is 1.67. The van der Waals surface area contributed by atoms with Gasteiger partial charge in [0.25, 0.3) is 0 Å². The summed E-state index contributed by atoms with van der Waals surface area (Å²) in [5.74, 6) is 1.93. The first-order chi connectivity index (χ1) is 8.08. The molecule has 0 aromatic heterocycles. The van der Waals surface area contributed by atoms with Gasteiger partial charge >= 0.3 is 6.09 Å². The van der Waals surface area contributed by atoms with Crippen LogP contribution in [0.5, 0.6) is 0 Å². The Labute approximate surface area is 102 Å². The molecule has 1 saturated heterocycles. The van der Waals surface area contributed by atoms with Gasteiger partial charge in [0, 0.05) is 6.54 Å². The normalized spacial score (nSPS) is 42.6. The van der Waals surface area contributed by atoms with E-state index in [9.17, 15) is 9.90 Å². The van der Waals surface area contributed by atoms with Crippen molar-refractivity contribution in [1.29, 1.82) is 0 Å². The first-order valence-corrected chi connectivity index (χ1v) is 6.69. The highest BCUT2D eigenvalue weighted by atomic mass is 16.6. The number of likely N-dealkylation sites (tertiary alicyclic amines) is 1. The first kappa shape index (κ1) is 11.3. The molecule has 96 valence electrons. The molecule has 2 aliphatic carbocycles. The van der Waals surface area contributed by atoms with Gasteiger partial charge in [0.2, 0.25) is 0 Å². The number of carbonyl (C=O) groups excluding carboxylic acids is 1. The summed E-state index contributed by atoms with van der Waals surface area (Å²) in [5, 5.41) is 10.2. The Kier molecular flexibility index (Phi) is 2.58. The summed E-state index contributed by atoms with van der Waals surface area (Å²) >= 11 is 0. The molecule has 0 radical (unpaired) electrons. The number of rotatable bonds is 2. The number of ether oxygens (including phenoxy) is 1. The highest BCUT2D eigenvalue weighted by molar-refractivity contribution is 5.69. The SMILES string of the molecule is CC(C)COC(=O)N1CC2CC3CC2C1C3O. The van der Waals surface area contributed by atoms with Crippen LogP contribution < -0.4 is 0 Å². The Morgan fingerprint density at radius 2 is 2.18 bits per heavy atom. The summed E-state index contributed by atoms with van der Waals surface area (Å²) in [6.07, 6.45) is 1.66. The predicted molar refractivity (Wildman–Crippen MR) is 62.4 cm³/mol. The molecule has 0 aromatic rings. The summed E-state index contributed by atoms with van der Waals surface area (Å²) < 4.78 is 5.29. The molecule has 1 aliphatic heterocycles. The van der Waals surface area contributed by atoms with Crippen molar-refractivity contribution in [2.45, 2.75) is 38.8 Å². The Hall–Kier alpha value is -0.770. The van der Waals surface area contributed by atoms with Gasteiger partial charge in [-0.15, -0.1) is 0 Å².